The molecule has 1 nitrogen and oxygen atoms in total. The van der Waals surface area contributed by atoms with Crippen LogP contribution in [-0.4, -0.2) is 18.0 Å². The molecule has 1 aliphatic carbocycles. The van der Waals surface area contributed by atoms with Crippen molar-refractivity contribution in [1.29, 1.82) is 0 Å². The molecule has 1 aromatic carbocycles. The van der Waals surface area contributed by atoms with E-state index in [-0.39, 0.29) is 0 Å². The smallest absolute Gasteiger partial charge is 0.0234 e. The van der Waals surface area contributed by atoms with Crippen LogP contribution < -0.4 is 0 Å². The van der Waals surface area contributed by atoms with Crippen LogP contribution in [0.3, 0.4) is 0 Å². The van der Waals surface area contributed by atoms with Gasteiger partial charge < -0.3 is 0 Å². The molecule has 86 valence electrons. The van der Waals surface area contributed by atoms with E-state index in [0.717, 1.165) is 12.0 Å². The number of hydrogen-bond donors (Lipinski definition) is 0. The average Bonchev–Trinajstić information content (AvgIpc) is 2.30. The zero-order valence-corrected chi connectivity index (χ0v) is 9.99. The van der Waals surface area contributed by atoms with E-state index >= 15 is 0 Å². The Bertz CT molecular complexity index is 330. The lowest BCUT2D eigenvalue weighted by atomic mass is 9.68. The molecule has 1 saturated heterocycles. The predicted molar refractivity (Wildman–Crippen MR) is 67.2 cm³/mol. The van der Waals surface area contributed by atoms with E-state index in [1.54, 1.807) is 0 Å². The summed E-state index contributed by atoms with van der Waals surface area (Å²) in [6.07, 6.45) is 7.38. The second-order valence-corrected chi connectivity index (χ2v) is 5.69. The van der Waals surface area contributed by atoms with E-state index in [9.17, 15) is 0 Å². The maximum absolute atomic E-state index is 2.61. The van der Waals surface area contributed by atoms with E-state index in [1.807, 2.05) is 0 Å². The van der Waals surface area contributed by atoms with E-state index in [0.29, 0.717) is 0 Å². The fraction of sp³-hybridized carbons (Fsp3) is 0.600. The van der Waals surface area contributed by atoms with Gasteiger partial charge in [-0.05, 0) is 23.8 Å². The first-order valence-corrected chi connectivity index (χ1v) is 6.63. The number of nitrogens with zero attached hydrogens (tertiary/aromatic N) is 1. The van der Waals surface area contributed by atoms with Crippen molar-refractivity contribution in [2.75, 3.05) is 13.1 Å². The SMILES string of the molecule is c1ccc(CN2CC3(CCCCC3)C2)cc1. The van der Waals surface area contributed by atoms with Crippen molar-refractivity contribution in [2.45, 2.75) is 38.6 Å². The number of rotatable bonds is 2. The van der Waals surface area contributed by atoms with Gasteiger partial charge in [-0.3, -0.25) is 4.90 Å². The summed E-state index contributed by atoms with van der Waals surface area (Å²) < 4.78 is 0. The van der Waals surface area contributed by atoms with Crippen LogP contribution in [0.15, 0.2) is 30.3 Å². The van der Waals surface area contributed by atoms with Gasteiger partial charge in [0.1, 0.15) is 0 Å². The Labute approximate surface area is 98.5 Å². The van der Waals surface area contributed by atoms with Crippen molar-refractivity contribution < 1.29 is 0 Å². The molecule has 16 heavy (non-hydrogen) atoms. The van der Waals surface area contributed by atoms with E-state index < -0.39 is 0 Å². The molecule has 0 aromatic heterocycles. The maximum Gasteiger partial charge on any atom is 0.0234 e. The standard InChI is InChI=1S/C15H21N/c1-3-7-14(8-4-1)11-16-12-15(13-16)9-5-2-6-10-15/h1,3-4,7-8H,2,5-6,9-13H2. The highest BCUT2D eigenvalue weighted by Gasteiger charge is 2.42. The minimum atomic E-state index is 0.729. The van der Waals surface area contributed by atoms with Gasteiger partial charge in [0.2, 0.25) is 0 Å². The Hall–Kier alpha value is -0.820. The molecule has 0 atom stereocenters. The first-order valence-electron chi connectivity index (χ1n) is 6.63. The highest BCUT2D eigenvalue weighted by atomic mass is 15.2. The van der Waals surface area contributed by atoms with Crippen molar-refractivity contribution >= 4 is 0 Å². The van der Waals surface area contributed by atoms with Crippen molar-refractivity contribution in [2.24, 2.45) is 5.41 Å². The number of benzene rings is 1. The molecule has 1 saturated carbocycles. The van der Waals surface area contributed by atoms with Crippen LogP contribution >= 0.6 is 0 Å². The van der Waals surface area contributed by atoms with Crippen LogP contribution in [0.1, 0.15) is 37.7 Å². The Kier molecular flexibility index (Phi) is 2.72. The molecular weight excluding hydrogens is 194 g/mol. The third kappa shape index (κ3) is 2.01. The van der Waals surface area contributed by atoms with Crippen LogP contribution in [0.25, 0.3) is 0 Å². The van der Waals surface area contributed by atoms with Gasteiger partial charge in [-0.2, -0.15) is 0 Å². The van der Waals surface area contributed by atoms with Crippen LogP contribution in [0, 0.1) is 5.41 Å². The summed E-state index contributed by atoms with van der Waals surface area (Å²) in [5.74, 6) is 0. The molecule has 1 heteroatoms. The molecule has 0 radical (unpaired) electrons. The highest BCUT2D eigenvalue weighted by molar-refractivity contribution is 5.15. The minimum Gasteiger partial charge on any atom is -0.298 e. The molecular formula is C15H21N. The summed E-state index contributed by atoms with van der Waals surface area (Å²) in [6.45, 7) is 3.85. The van der Waals surface area contributed by atoms with Crippen molar-refractivity contribution in [3.05, 3.63) is 35.9 Å². The molecule has 1 aromatic rings. The zero-order chi connectivity index (χ0) is 10.8. The van der Waals surface area contributed by atoms with Gasteiger partial charge >= 0.3 is 0 Å². The second-order valence-electron chi connectivity index (χ2n) is 5.69. The van der Waals surface area contributed by atoms with Crippen molar-refractivity contribution in [3.63, 3.8) is 0 Å². The van der Waals surface area contributed by atoms with Crippen LogP contribution in [0.4, 0.5) is 0 Å². The van der Waals surface area contributed by atoms with Gasteiger partial charge in [0.05, 0.1) is 0 Å². The van der Waals surface area contributed by atoms with Gasteiger partial charge in [0.25, 0.3) is 0 Å². The zero-order valence-electron chi connectivity index (χ0n) is 9.99. The van der Waals surface area contributed by atoms with Gasteiger partial charge in [-0.1, -0.05) is 49.6 Å². The summed E-state index contributed by atoms with van der Waals surface area (Å²) in [7, 11) is 0. The number of hydrogen-bond acceptors (Lipinski definition) is 1. The molecule has 1 heterocycles. The molecule has 0 bridgehead atoms. The molecule has 0 N–H and O–H groups in total. The molecule has 2 fully saturated rings. The molecule has 0 amide bonds. The van der Waals surface area contributed by atoms with Crippen molar-refractivity contribution in [1.82, 2.24) is 4.90 Å². The van der Waals surface area contributed by atoms with Crippen LogP contribution in [-0.2, 0) is 6.54 Å². The lowest BCUT2D eigenvalue weighted by molar-refractivity contribution is -0.0332. The minimum absolute atomic E-state index is 0.729. The quantitative estimate of drug-likeness (QED) is 0.730. The Balaban J connectivity index is 1.53. The second kappa shape index (κ2) is 4.21. The largest absolute Gasteiger partial charge is 0.298 e. The van der Waals surface area contributed by atoms with E-state index in [1.165, 1.54) is 50.8 Å². The molecule has 2 aliphatic rings. The van der Waals surface area contributed by atoms with Gasteiger partial charge in [-0.25, -0.2) is 0 Å². The van der Waals surface area contributed by atoms with E-state index in [4.69, 9.17) is 0 Å². The fourth-order valence-electron chi connectivity index (χ4n) is 3.47. The summed E-state index contributed by atoms with van der Waals surface area (Å²) in [5, 5.41) is 0. The third-order valence-corrected chi connectivity index (χ3v) is 4.28. The van der Waals surface area contributed by atoms with Crippen LogP contribution in [0.2, 0.25) is 0 Å². The number of likely N-dealkylation sites (tertiary alicyclic amines) is 1. The monoisotopic (exact) mass is 215 g/mol. The molecule has 1 aliphatic heterocycles. The topological polar surface area (TPSA) is 3.24 Å². The lowest BCUT2D eigenvalue weighted by Gasteiger charge is -2.52. The van der Waals surface area contributed by atoms with Gasteiger partial charge in [-0.15, -0.1) is 0 Å². The summed E-state index contributed by atoms with van der Waals surface area (Å²) in [4.78, 5) is 2.61. The Morgan fingerprint density at radius 2 is 1.62 bits per heavy atom. The highest BCUT2D eigenvalue weighted by Crippen LogP contribution is 2.44. The van der Waals surface area contributed by atoms with Crippen molar-refractivity contribution in [3.8, 4) is 0 Å². The third-order valence-electron chi connectivity index (χ3n) is 4.28. The fourth-order valence-corrected chi connectivity index (χ4v) is 3.47. The van der Waals surface area contributed by atoms with Gasteiger partial charge in [0.15, 0.2) is 0 Å². The first-order chi connectivity index (χ1) is 7.86. The molecule has 1 spiro atoms. The van der Waals surface area contributed by atoms with E-state index in [2.05, 4.69) is 35.2 Å². The first kappa shape index (κ1) is 10.3. The van der Waals surface area contributed by atoms with Crippen LogP contribution in [0.5, 0.6) is 0 Å². The average molecular weight is 215 g/mol. The molecule has 3 rings (SSSR count). The Morgan fingerprint density at radius 1 is 0.938 bits per heavy atom. The summed E-state index contributed by atoms with van der Waals surface area (Å²) >= 11 is 0. The summed E-state index contributed by atoms with van der Waals surface area (Å²) in [5.41, 5.74) is 2.20. The van der Waals surface area contributed by atoms with Gasteiger partial charge in [0, 0.05) is 19.6 Å². The normalized spacial score (nSPS) is 24.2. The lowest BCUT2D eigenvalue weighted by Crippen LogP contribution is -2.56. The Morgan fingerprint density at radius 3 is 2.31 bits per heavy atom. The molecule has 0 unspecified atom stereocenters. The maximum atomic E-state index is 2.61. The summed E-state index contributed by atoms with van der Waals surface area (Å²) in [6, 6.07) is 10.9. The predicted octanol–water partition coefficient (Wildman–Crippen LogP) is 3.45.